The van der Waals surface area contributed by atoms with E-state index in [0.717, 1.165) is 88.0 Å². The summed E-state index contributed by atoms with van der Waals surface area (Å²) >= 11 is 0. The Balaban J connectivity index is 0.990. The predicted octanol–water partition coefficient (Wildman–Crippen LogP) is 15.5. The molecule has 0 aliphatic carbocycles. The van der Waals surface area contributed by atoms with Crippen molar-refractivity contribution in [3.63, 3.8) is 0 Å². The SMILES string of the molecule is c1ccc2cc(-c3ccc4c(c3)oc3cccc(-c5nc(-c6ccc(-c7cccc8ccccc78)cc6)nc(-c6ccc7ccc8oc9ccccc9c8c7c6)n5)c34)ccc2c1. The summed E-state index contributed by atoms with van der Waals surface area (Å²) in [6.07, 6.45) is 0. The smallest absolute Gasteiger partial charge is 0.164 e. The van der Waals surface area contributed by atoms with E-state index in [2.05, 4.69) is 176 Å². The van der Waals surface area contributed by atoms with Gasteiger partial charge in [-0.1, -0.05) is 158 Å². The van der Waals surface area contributed by atoms with E-state index in [-0.39, 0.29) is 0 Å². The molecule has 0 aliphatic heterocycles. The summed E-state index contributed by atoms with van der Waals surface area (Å²) in [5.74, 6) is 1.74. The highest BCUT2D eigenvalue weighted by molar-refractivity contribution is 6.19. The van der Waals surface area contributed by atoms with Crippen LogP contribution in [0.25, 0.3) is 133 Å². The molecule has 288 valence electrons. The maximum absolute atomic E-state index is 6.62. The van der Waals surface area contributed by atoms with Gasteiger partial charge in [0.2, 0.25) is 0 Å². The lowest BCUT2D eigenvalue weighted by Gasteiger charge is -2.11. The van der Waals surface area contributed by atoms with Gasteiger partial charge in [-0.15, -0.1) is 0 Å². The number of benzene rings is 10. The fourth-order valence-corrected chi connectivity index (χ4v) is 9.27. The Morgan fingerprint density at radius 3 is 1.71 bits per heavy atom. The van der Waals surface area contributed by atoms with Crippen molar-refractivity contribution in [3.05, 3.63) is 200 Å². The largest absolute Gasteiger partial charge is 0.456 e. The topological polar surface area (TPSA) is 65.0 Å². The minimum absolute atomic E-state index is 0.571. The van der Waals surface area contributed by atoms with Gasteiger partial charge in [0.05, 0.1) is 0 Å². The van der Waals surface area contributed by atoms with E-state index in [1.807, 2.05) is 24.3 Å². The summed E-state index contributed by atoms with van der Waals surface area (Å²) in [6, 6.07) is 69.9. The van der Waals surface area contributed by atoms with E-state index < -0.39 is 0 Å². The molecule has 0 fully saturated rings. The highest BCUT2D eigenvalue weighted by Gasteiger charge is 2.20. The third kappa shape index (κ3) is 5.52. The first-order valence-corrected chi connectivity index (χ1v) is 20.8. The maximum Gasteiger partial charge on any atom is 0.164 e. The van der Waals surface area contributed by atoms with Crippen molar-refractivity contribution < 1.29 is 8.83 Å². The van der Waals surface area contributed by atoms with E-state index in [0.29, 0.717) is 17.5 Å². The summed E-state index contributed by atoms with van der Waals surface area (Å²) < 4.78 is 12.9. The molecule has 3 heterocycles. The Labute approximate surface area is 355 Å². The van der Waals surface area contributed by atoms with Gasteiger partial charge < -0.3 is 8.83 Å². The molecule has 13 rings (SSSR count). The molecule has 0 saturated heterocycles. The van der Waals surface area contributed by atoms with Crippen molar-refractivity contribution in [2.75, 3.05) is 0 Å². The van der Waals surface area contributed by atoms with Crippen LogP contribution in [0.1, 0.15) is 0 Å². The highest BCUT2D eigenvalue weighted by Crippen LogP contribution is 2.40. The average Bonchev–Trinajstić information content (AvgIpc) is 3.92. The third-order valence-electron chi connectivity index (χ3n) is 12.3. The zero-order valence-electron chi connectivity index (χ0n) is 33.2. The van der Waals surface area contributed by atoms with Gasteiger partial charge in [0.25, 0.3) is 0 Å². The van der Waals surface area contributed by atoms with Crippen molar-refractivity contribution >= 4 is 76.2 Å². The predicted molar refractivity (Wildman–Crippen MR) is 254 cm³/mol. The molecule has 10 aromatic carbocycles. The van der Waals surface area contributed by atoms with Crippen molar-refractivity contribution in [2.45, 2.75) is 0 Å². The molecule has 0 unspecified atom stereocenters. The third-order valence-corrected chi connectivity index (χ3v) is 12.3. The minimum atomic E-state index is 0.571. The highest BCUT2D eigenvalue weighted by atomic mass is 16.3. The molecule has 0 N–H and O–H groups in total. The Bertz CT molecular complexity index is 3930. The monoisotopic (exact) mass is 791 g/mol. The molecule has 62 heavy (non-hydrogen) atoms. The standard InChI is InChI=1S/C57H33N3O2/c1-2-11-39-31-40(25-19-34(39)9-1)41-27-29-46-52(33-41)62-50-18-8-16-47(53(46)50)57-59-55(38-23-20-36(21-24-38)44-15-7-12-35-10-3-4-13-43(35)44)58-56(60-57)42-26-22-37-28-30-51-54(48(37)32-42)45-14-5-6-17-49(45)61-51/h1-33H. The summed E-state index contributed by atoms with van der Waals surface area (Å²) in [5.41, 5.74) is 10.5. The van der Waals surface area contributed by atoms with Crippen LogP contribution in [-0.4, -0.2) is 15.0 Å². The van der Waals surface area contributed by atoms with Gasteiger partial charge in [0, 0.05) is 38.2 Å². The Morgan fingerprint density at radius 2 is 0.806 bits per heavy atom. The zero-order valence-corrected chi connectivity index (χ0v) is 33.2. The van der Waals surface area contributed by atoms with Crippen LogP contribution in [0.15, 0.2) is 209 Å². The first-order chi connectivity index (χ1) is 30.7. The molecule has 0 atom stereocenters. The van der Waals surface area contributed by atoms with Gasteiger partial charge in [-0.3, -0.25) is 0 Å². The molecule has 0 radical (unpaired) electrons. The fraction of sp³-hybridized carbons (Fsp3) is 0. The number of nitrogens with zero attached hydrogens (tertiary/aromatic N) is 3. The number of hydrogen-bond acceptors (Lipinski definition) is 5. The second-order valence-electron chi connectivity index (χ2n) is 15.9. The molecule has 0 amide bonds. The van der Waals surface area contributed by atoms with Crippen molar-refractivity contribution in [3.8, 4) is 56.4 Å². The number of rotatable bonds is 5. The van der Waals surface area contributed by atoms with E-state index in [1.54, 1.807) is 0 Å². The number of furan rings is 2. The maximum atomic E-state index is 6.62. The van der Waals surface area contributed by atoms with Gasteiger partial charge >= 0.3 is 0 Å². The zero-order chi connectivity index (χ0) is 40.7. The van der Waals surface area contributed by atoms with Crippen LogP contribution in [0.2, 0.25) is 0 Å². The quantitative estimate of drug-likeness (QED) is 0.174. The molecular weight excluding hydrogens is 759 g/mol. The van der Waals surface area contributed by atoms with Crippen molar-refractivity contribution in [1.82, 2.24) is 15.0 Å². The van der Waals surface area contributed by atoms with Gasteiger partial charge in [0.1, 0.15) is 22.3 Å². The van der Waals surface area contributed by atoms with Crippen LogP contribution in [0.3, 0.4) is 0 Å². The van der Waals surface area contributed by atoms with Crippen LogP contribution in [0.5, 0.6) is 0 Å². The lowest BCUT2D eigenvalue weighted by Crippen LogP contribution is -2.00. The number of para-hydroxylation sites is 1. The van der Waals surface area contributed by atoms with E-state index >= 15 is 0 Å². The van der Waals surface area contributed by atoms with Crippen LogP contribution in [0, 0.1) is 0 Å². The fourth-order valence-electron chi connectivity index (χ4n) is 9.27. The lowest BCUT2D eigenvalue weighted by atomic mass is 9.97. The second-order valence-corrected chi connectivity index (χ2v) is 15.9. The average molecular weight is 792 g/mol. The van der Waals surface area contributed by atoms with E-state index in [1.165, 1.54) is 27.1 Å². The molecule has 5 heteroatoms. The first kappa shape index (κ1) is 34.5. The van der Waals surface area contributed by atoms with Crippen LogP contribution >= 0.6 is 0 Å². The molecule has 0 saturated carbocycles. The molecule has 13 aromatic rings. The molecule has 0 bridgehead atoms. The van der Waals surface area contributed by atoms with E-state index in [9.17, 15) is 0 Å². The Kier molecular flexibility index (Phi) is 7.54. The number of aromatic nitrogens is 3. The minimum Gasteiger partial charge on any atom is -0.456 e. The summed E-state index contributed by atoms with van der Waals surface area (Å²) in [4.78, 5) is 15.7. The molecule has 0 spiro atoms. The van der Waals surface area contributed by atoms with Gasteiger partial charge in [-0.2, -0.15) is 0 Å². The molecule has 3 aromatic heterocycles. The summed E-state index contributed by atoms with van der Waals surface area (Å²) in [6.45, 7) is 0. The first-order valence-electron chi connectivity index (χ1n) is 20.8. The van der Waals surface area contributed by atoms with Crippen molar-refractivity contribution in [1.29, 1.82) is 0 Å². The second kappa shape index (κ2) is 13.6. The molecule has 0 aliphatic rings. The van der Waals surface area contributed by atoms with Gasteiger partial charge in [-0.25, -0.2) is 15.0 Å². The van der Waals surface area contributed by atoms with Crippen LogP contribution < -0.4 is 0 Å². The van der Waals surface area contributed by atoms with Gasteiger partial charge in [0.15, 0.2) is 17.5 Å². The number of hydrogen-bond donors (Lipinski definition) is 0. The molecular formula is C57H33N3O2. The Hall–Kier alpha value is -8.41. The van der Waals surface area contributed by atoms with Crippen LogP contribution in [-0.2, 0) is 0 Å². The summed E-state index contributed by atoms with van der Waals surface area (Å²) in [7, 11) is 0. The molecule has 5 nitrogen and oxygen atoms in total. The van der Waals surface area contributed by atoms with Crippen LogP contribution in [0.4, 0.5) is 0 Å². The van der Waals surface area contributed by atoms with Gasteiger partial charge in [-0.05, 0) is 97.0 Å². The van der Waals surface area contributed by atoms with Crippen molar-refractivity contribution in [2.24, 2.45) is 0 Å². The van der Waals surface area contributed by atoms with E-state index in [4.69, 9.17) is 23.8 Å². The lowest BCUT2D eigenvalue weighted by molar-refractivity contribution is 0.669. The summed E-state index contributed by atoms with van der Waals surface area (Å²) in [5, 5.41) is 11.2. The normalized spacial score (nSPS) is 11.9. The Morgan fingerprint density at radius 1 is 0.258 bits per heavy atom. The number of fused-ring (bicyclic) bond motifs is 10.